The van der Waals surface area contributed by atoms with Crippen molar-refractivity contribution < 1.29 is 18.6 Å². The Morgan fingerprint density at radius 1 is 1.43 bits per heavy atom. The maximum Gasteiger partial charge on any atom is 0.289 e. The highest BCUT2D eigenvalue weighted by atomic mass is 32.2. The molecule has 1 unspecified atom stereocenters. The molecule has 0 radical (unpaired) electrons. The van der Waals surface area contributed by atoms with Crippen LogP contribution in [0, 0.1) is 0 Å². The summed E-state index contributed by atoms with van der Waals surface area (Å²) in [7, 11) is 1.46. The van der Waals surface area contributed by atoms with Gasteiger partial charge in [0.1, 0.15) is 5.75 Å². The monoisotopic (exact) mass is 343 g/mol. The summed E-state index contributed by atoms with van der Waals surface area (Å²) in [6.07, 6.45) is 3.47. The van der Waals surface area contributed by atoms with Gasteiger partial charge in [-0.15, -0.1) is 0 Å². The van der Waals surface area contributed by atoms with Crippen LogP contribution in [0.2, 0.25) is 0 Å². The first-order chi connectivity index (χ1) is 11.0. The number of hydrogen-bond donors (Lipinski definition) is 2. The first kappa shape index (κ1) is 17.6. The van der Waals surface area contributed by atoms with Gasteiger partial charge in [-0.25, -0.2) is 0 Å². The lowest BCUT2D eigenvalue weighted by atomic mass is 10.1. The molecule has 1 heterocycles. The normalized spacial score (nSPS) is 12.4. The van der Waals surface area contributed by atoms with Crippen molar-refractivity contribution in [1.82, 2.24) is 9.78 Å². The highest BCUT2D eigenvalue weighted by Crippen LogP contribution is 2.35. The Morgan fingerprint density at radius 2 is 2.22 bits per heavy atom. The summed E-state index contributed by atoms with van der Waals surface area (Å²) in [5.74, 6) is -2.06. The van der Waals surface area contributed by atoms with Gasteiger partial charge in [0.2, 0.25) is 0 Å². The second-order valence-corrected chi connectivity index (χ2v) is 5.90. The van der Waals surface area contributed by atoms with E-state index in [0.717, 1.165) is 11.3 Å². The number of anilines is 1. The molecule has 1 aromatic carbocycles. The zero-order valence-electron chi connectivity index (χ0n) is 12.9. The molecular formula is C15H19F2N3O2S. The fourth-order valence-corrected chi connectivity index (χ4v) is 2.74. The van der Waals surface area contributed by atoms with E-state index in [9.17, 15) is 8.78 Å². The Morgan fingerprint density at radius 3 is 2.87 bits per heavy atom. The third-order valence-corrected chi connectivity index (χ3v) is 4.02. The zero-order valence-corrected chi connectivity index (χ0v) is 13.7. The maximum absolute atomic E-state index is 12.5. The number of aromatic nitrogens is 2. The molecule has 0 aliphatic heterocycles. The van der Waals surface area contributed by atoms with Gasteiger partial charge in [-0.1, -0.05) is 17.8 Å². The van der Waals surface area contributed by atoms with E-state index < -0.39 is 5.76 Å². The van der Waals surface area contributed by atoms with Crippen LogP contribution in [0.1, 0.15) is 18.5 Å². The van der Waals surface area contributed by atoms with Crippen LogP contribution in [0.3, 0.4) is 0 Å². The van der Waals surface area contributed by atoms with Crippen molar-refractivity contribution in [3.63, 3.8) is 0 Å². The fourth-order valence-electron chi connectivity index (χ4n) is 2.14. The molecule has 0 fully saturated rings. The second kappa shape index (κ2) is 8.16. The van der Waals surface area contributed by atoms with E-state index in [1.807, 2.05) is 6.92 Å². The van der Waals surface area contributed by atoms with Crippen molar-refractivity contribution >= 4 is 17.4 Å². The largest absolute Gasteiger partial charge is 0.496 e. The van der Waals surface area contributed by atoms with Gasteiger partial charge >= 0.3 is 0 Å². The lowest BCUT2D eigenvalue weighted by Gasteiger charge is -2.16. The predicted molar refractivity (Wildman–Crippen MR) is 86.2 cm³/mol. The summed E-state index contributed by atoms with van der Waals surface area (Å²) < 4.78 is 31.9. The molecule has 2 aromatic rings. The summed E-state index contributed by atoms with van der Waals surface area (Å²) in [6, 6.07) is 5.13. The molecule has 126 valence electrons. The van der Waals surface area contributed by atoms with E-state index in [0.29, 0.717) is 29.0 Å². The van der Waals surface area contributed by atoms with E-state index in [1.165, 1.54) is 7.11 Å². The van der Waals surface area contributed by atoms with Crippen LogP contribution in [0.4, 0.5) is 14.5 Å². The number of benzene rings is 1. The fraction of sp³-hybridized carbons (Fsp3) is 0.400. The molecule has 23 heavy (non-hydrogen) atoms. The topological polar surface area (TPSA) is 59.3 Å². The van der Waals surface area contributed by atoms with Crippen LogP contribution < -0.4 is 10.1 Å². The minimum atomic E-state index is -2.48. The van der Waals surface area contributed by atoms with Gasteiger partial charge in [0.25, 0.3) is 5.76 Å². The minimum Gasteiger partial charge on any atom is -0.496 e. The SMILES string of the molecule is COc1cc(C(C)Nc2cnn(CCO)c2)ccc1SC(F)F. The molecule has 0 saturated heterocycles. The Hall–Kier alpha value is -1.80. The van der Waals surface area contributed by atoms with Gasteiger partial charge in [0.15, 0.2) is 0 Å². The molecule has 0 amide bonds. The Bertz CT molecular complexity index is 637. The van der Waals surface area contributed by atoms with Crippen LogP contribution in [0.15, 0.2) is 35.5 Å². The molecule has 8 heteroatoms. The Kier molecular flexibility index (Phi) is 6.23. The molecule has 1 aromatic heterocycles. The number of nitrogens with zero attached hydrogens (tertiary/aromatic N) is 2. The van der Waals surface area contributed by atoms with Crippen molar-refractivity contribution in [2.75, 3.05) is 19.0 Å². The molecule has 1 atom stereocenters. The standard InChI is InChI=1S/C15H19F2N3O2S/c1-10(19-12-8-18-20(9-12)5-6-21)11-3-4-14(23-15(16)17)13(7-11)22-2/h3-4,7-10,15,19,21H,5-6H2,1-2H3. The van der Waals surface area contributed by atoms with Crippen LogP contribution >= 0.6 is 11.8 Å². The lowest BCUT2D eigenvalue weighted by molar-refractivity contribution is 0.251. The number of alkyl halides is 2. The summed E-state index contributed by atoms with van der Waals surface area (Å²) in [4.78, 5) is 0.411. The zero-order chi connectivity index (χ0) is 16.8. The molecule has 0 bridgehead atoms. The smallest absolute Gasteiger partial charge is 0.289 e. The number of thioether (sulfide) groups is 1. The average molecular weight is 343 g/mol. The molecule has 0 saturated carbocycles. The number of halogens is 2. The van der Waals surface area contributed by atoms with Gasteiger partial charge in [-0.3, -0.25) is 4.68 Å². The molecule has 0 spiro atoms. The van der Waals surface area contributed by atoms with Crippen molar-refractivity contribution in [2.24, 2.45) is 0 Å². The first-order valence-electron chi connectivity index (χ1n) is 7.06. The van der Waals surface area contributed by atoms with Gasteiger partial charge in [-0.05, 0) is 24.6 Å². The second-order valence-electron chi connectivity index (χ2n) is 4.87. The highest BCUT2D eigenvalue weighted by molar-refractivity contribution is 7.99. The highest BCUT2D eigenvalue weighted by Gasteiger charge is 2.14. The van der Waals surface area contributed by atoms with Crippen LogP contribution in [-0.2, 0) is 6.54 Å². The number of aliphatic hydroxyl groups is 1. The maximum atomic E-state index is 12.5. The summed E-state index contributed by atoms with van der Waals surface area (Å²) in [5.41, 5.74) is 1.73. The Balaban J connectivity index is 2.10. The predicted octanol–water partition coefficient (Wildman–Crippen LogP) is 3.37. The van der Waals surface area contributed by atoms with Gasteiger partial charge in [0, 0.05) is 12.2 Å². The van der Waals surface area contributed by atoms with E-state index >= 15 is 0 Å². The average Bonchev–Trinajstić information content (AvgIpc) is 2.94. The third-order valence-electron chi connectivity index (χ3n) is 3.25. The number of nitrogens with one attached hydrogen (secondary N) is 1. The summed E-state index contributed by atoms with van der Waals surface area (Å²) in [5, 5.41) is 16.3. The Labute approximate surface area is 137 Å². The van der Waals surface area contributed by atoms with E-state index in [4.69, 9.17) is 9.84 Å². The molecular weight excluding hydrogens is 324 g/mol. The lowest BCUT2D eigenvalue weighted by Crippen LogP contribution is -2.07. The van der Waals surface area contributed by atoms with Gasteiger partial charge < -0.3 is 15.2 Å². The molecule has 5 nitrogen and oxygen atoms in total. The van der Waals surface area contributed by atoms with Crippen molar-refractivity contribution in [3.8, 4) is 5.75 Å². The molecule has 2 rings (SSSR count). The number of methoxy groups -OCH3 is 1. The van der Waals surface area contributed by atoms with Crippen LogP contribution in [-0.4, -0.2) is 34.4 Å². The van der Waals surface area contributed by atoms with Crippen LogP contribution in [0.5, 0.6) is 5.75 Å². The van der Waals surface area contributed by atoms with Crippen molar-refractivity contribution in [2.45, 2.75) is 30.2 Å². The van der Waals surface area contributed by atoms with Crippen molar-refractivity contribution in [3.05, 3.63) is 36.2 Å². The number of hydrogen-bond acceptors (Lipinski definition) is 5. The minimum absolute atomic E-state index is 0.0249. The first-order valence-corrected chi connectivity index (χ1v) is 7.94. The number of aliphatic hydroxyl groups excluding tert-OH is 1. The van der Waals surface area contributed by atoms with Crippen molar-refractivity contribution in [1.29, 1.82) is 0 Å². The quantitative estimate of drug-likeness (QED) is 0.720. The van der Waals surface area contributed by atoms with Gasteiger partial charge in [-0.2, -0.15) is 13.9 Å². The molecule has 0 aliphatic rings. The van der Waals surface area contributed by atoms with Gasteiger partial charge in [0.05, 0.1) is 37.0 Å². The van der Waals surface area contributed by atoms with Crippen LogP contribution in [0.25, 0.3) is 0 Å². The van der Waals surface area contributed by atoms with E-state index in [1.54, 1.807) is 35.3 Å². The molecule has 2 N–H and O–H groups in total. The van der Waals surface area contributed by atoms with E-state index in [-0.39, 0.29) is 12.6 Å². The summed E-state index contributed by atoms with van der Waals surface area (Å²) in [6.45, 7) is 2.42. The summed E-state index contributed by atoms with van der Waals surface area (Å²) >= 11 is 0.467. The molecule has 0 aliphatic carbocycles. The number of rotatable bonds is 8. The van der Waals surface area contributed by atoms with E-state index in [2.05, 4.69) is 10.4 Å². The number of ether oxygens (including phenoxy) is 1. The third kappa shape index (κ3) is 4.84.